The van der Waals surface area contributed by atoms with Crippen molar-refractivity contribution in [3.05, 3.63) is 0 Å². The smallest absolute Gasteiger partial charge is 0.00965 e. The van der Waals surface area contributed by atoms with E-state index in [2.05, 4.69) is 37.9 Å². The lowest BCUT2D eigenvalue weighted by atomic mass is 10.00. The van der Waals surface area contributed by atoms with Gasteiger partial charge in [-0.1, -0.05) is 13.3 Å². The van der Waals surface area contributed by atoms with Crippen molar-refractivity contribution in [2.75, 3.05) is 19.6 Å². The van der Waals surface area contributed by atoms with Crippen molar-refractivity contribution in [2.45, 2.75) is 71.4 Å². The minimum Gasteiger partial charge on any atom is -0.312 e. The lowest BCUT2D eigenvalue weighted by Gasteiger charge is -2.35. The van der Waals surface area contributed by atoms with Gasteiger partial charge in [0, 0.05) is 11.6 Å². The van der Waals surface area contributed by atoms with E-state index in [9.17, 15) is 0 Å². The van der Waals surface area contributed by atoms with Crippen LogP contribution in [0.1, 0.15) is 59.8 Å². The Kier molecular flexibility index (Phi) is 5.77. The summed E-state index contributed by atoms with van der Waals surface area (Å²) in [5, 5.41) is 3.57. The van der Waals surface area contributed by atoms with Crippen LogP contribution >= 0.6 is 0 Å². The summed E-state index contributed by atoms with van der Waals surface area (Å²) >= 11 is 0. The molecule has 0 bridgehead atoms. The van der Waals surface area contributed by atoms with Crippen LogP contribution in [0.3, 0.4) is 0 Å². The van der Waals surface area contributed by atoms with Crippen molar-refractivity contribution in [1.82, 2.24) is 10.2 Å². The number of likely N-dealkylation sites (tertiary alicyclic amines) is 1. The highest BCUT2D eigenvalue weighted by molar-refractivity contribution is 4.76. The molecule has 2 heteroatoms. The molecule has 1 fully saturated rings. The monoisotopic (exact) mass is 226 g/mol. The average Bonchev–Trinajstić information content (AvgIpc) is 2.23. The number of nitrogens with one attached hydrogen (secondary N) is 1. The Hall–Kier alpha value is -0.0800. The molecule has 1 aliphatic heterocycles. The number of hydrogen-bond acceptors (Lipinski definition) is 2. The first-order valence-corrected chi connectivity index (χ1v) is 7.02. The fourth-order valence-corrected chi connectivity index (χ4v) is 2.56. The SMILES string of the molecule is CCC1CCCCN1CCCNC(C)(C)C. The minimum absolute atomic E-state index is 0.270. The molecule has 0 aliphatic carbocycles. The van der Waals surface area contributed by atoms with Crippen LogP contribution in [0.2, 0.25) is 0 Å². The minimum atomic E-state index is 0.270. The Bertz CT molecular complexity index is 184. The summed E-state index contributed by atoms with van der Waals surface area (Å²) < 4.78 is 0. The van der Waals surface area contributed by atoms with Crippen molar-refractivity contribution in [3.8, 4) is 0 Å². The van der Waals surface area contributed by atoms with Gasteiger partial charge in [-0.05, 0) is 66.1 Å². The standard InChI is InChI=1S/C14H30N2/c1-5-13-9-6-7-11-16(13)12-8-10-15-14(2,3)4/h13,15H,5-12H2,1-4H3. The van der Waals surface area contributed by atoms with E-state index >= 15 is 0 Å². The largest absolute Gasteiger partial charge is 0.312 e. The first-order chi connectivity index (χ1) is 7.53. The summed E-state index contributed by atoms with van der Waals surface area (Å²) in [6, 6.07) is 0.864. The molecule has 0 saturated carbocycles. The van der Waals surface area contributed by atoms with Gasteiger partial charge in [-0.2, -0.15) is 0 Å². The van der Waals surface area contributed by atoms with Crippen molar-refractivity contribution < 1.29 is 0 Å². The summed E-state index contributed by atoms with van der Waals surface area (Å²) in [6.07, 6.45) is 6.88. The third-order valence-electron chi connectivity index (χ3n) is 3.50. The van der Waals surface area contributed by atoms with Gasteiger partial charge in [0.25, 0.3) is 0 Å². The van der Waals surface area contributed by atoms with Crippen LogP contribution in [0.4, 0.5) is 0 Å². The summed E-state index contributed by atoms with van der Waals surface area (Å²) in [7, 11) is 0. The van der Waals surface area contributed by atoms with Gasteiger partial charge in [-0.25, -0.2) is 0 Å². The number of rotatable bonds is 5. The van der Waals surface area contributed by atoms with Crippen molar-refractivity contribution in [3.63, 3.8) is 0 Å². The highest BCUT2D eigenvalue weighted by Crippen LogP contribution is 2.19. The van der Waals surface area contributed by atoms with Crippen LogP contribution in [0.5, 0.6) is 0 Å². The number of piperidine rings is 1. The third-order valence-corrected chi connectivity index (χ3v) is 3.50. The zero-order valence-corrected chi connectivity index (χ0v) is 11.7. The summed E-state index contributed by atoms with van der Waals surface area (Å²) in [5.41, 5.74) is 0.270. The molecule has 0 aromatic rings. The Balaban J connectivity index is 2.15. The predicted octanol–water partition coefficient (Wildman–Crippen LogP) is 3.03. The van der Waals surface area contributed by atoms with Crippen molar-refractivity contribution in [1.29, 1.82) is 0 Å². The lowest BCUT2D eigenvalue weighted by molar-refractivity contribution is 0.141. The molecule has 1 rings (SSSR count). The molecule has 1 aliphatic rings. The zero-order chi connectivity index (χ0) is 12.0. The van der Waals surface area contributed by atoms with E-state index in [1.165, 1.54) is 45.2 Å². The van der Waals surface area contributed by atoms with Crippen molar-refractivity contribution in [2.24, 2.45) is 0 Å². The molecule has 1 atom stereocenters. The van der Waals surface area contributed by atoms with E-state index in [0.717, 1.165) is 12.6 Å². The molecule has 1 saturated heterocycles. The highest BCUT2D eigenvalue weighted by atomic mass is 15.2. The third kappa shape index (κ3) is 5.31. The molecule has 0 aromatic carbocycles. The fourth-order valence-electron chi connectivity index (χ4n) is 2.56. The molecule has 0 aromatic heterocycles. The van der Waals surface area contributed by atoms with Crippen molar-refractivity contribution >= 4 is 0 Å². The maximum Gasteiger partial charge on any atom is 0.00965 e. The second-order valence-electron chi connectivity index (χ2n) is 6.12. The predicted molar refractivity (Wildman–Crippen MR) is 71.9 cm³/mol. The number of hydrogen-bond donors (Lipinski definition) is 1. The van der Waals surface area contributed by atoms with Gasteiger partial charge in [0.2, 0.25) is 0 Å². The molecule has 1 heterocycles. The molecule has 0 radical (unpaired) electrons. The summed E-state index contributed by atoms with van der Waals surface area (Å²) in [4.78, 5) is 2.70. The topological polar surface area (TPSA) is 15.3 Å². The molecular formula is C14H30N2. The summed E-state index contributed by atoms with van der Waals surface area (Å²) in [6.45, 7) is 12.8. The molecular weight excluding hydrogens is 196 g/mol. The van der Waals surface area contributed by atoms with E-state index in [4.69, 9.17) is 0 Å². The Morgan fingerprint density at radius 2 is 2.00 bits per heavy atom. The quantitative estimate of drug-likeness (QED) is 0.725. The van der Waals surface area contributed by atoms with Crippen LogP contribution in [0, 0.1) is 0 Å². The van der Waals surface area contributed by atoms with Crippen LogP contribution in [0.25, 0.3) is 0 Å². The molecule has 96 valence electrons. The molecule has 1 N–H and O–H groups in total. The second kappa shape index (κ2) is 6.61. The Morgan fingerprint density at radius 3 is 2.62 bits per heavy atom. The molecule has 2 nitrogen and oxygen atoms in total. The Morgan fingerprint density at radius 1 is 1.25 bits per heavy atom. The zero-order valence-electron chi connectivity index (χ0n) is 11.7. The van der Waals surface area contributed by atoms with Crippen LogP contribution in [0.15, 0.2) is 0 Å². The van der Waals surface area contributed by atoms with Crippen LogP contribution in [-0.4, -0.2) is 36.1 Å². The first kappa shape index (κ1) is 14.0. The second-order valence-corrected chi connectivity index (χ2v) is 6.12. The van der Waals surface area contributed by atoms with E-state index in [1.807, 2.05) is 0 Å². The summed E-state index contributed by atoms with van der Waals surface area (Å²) in [5.74, 6) is 0. The average molecular weight is 226 g/mol. The van der Waals surface area contributed by atoms with Gasteiger partial charge in [0.1, 0.15) is 0 Å². The normalized spacial score (nSPS) is 23.6. The van der Waals surface area contributed by atoms with E-state index in [0.29, 0.717) is 0 Å². The van der Waals surface area contributed by atoms with E-state index < -0.39 is 0 Å². The van der Waals surface area contributed by atoms with Crippen LogP contribution in [-0.2, 0) is 0 Å². The van der Waals surface area contributed by atoms with Crippen LogP contribution < -0.4 is 5.32 Å². The molecule has 16 heavy (non-hydrogen) atoms. The number of nitrogens with zero attached hydrogens (tertiary/aromatic N) is 1. The lowest BCUT2D eigenvalue weighted by Crippen LogP contribution is -2.42. The maximum atomic E-state index is 3.57. The van der Waals surface area contributed by atoms with Gasteiger partial charge in [-0.15, -0.1) is 0 Å². The highest BCUT2D eigenvalue weighted by Gasteiger charge is 2.19. The van der Waals surface area contributed by atoms with Gasteiger partial charge in [-0.3, -0.25) is 0 Å². The van der Waals surface area contributed by atoms with Gasteiger partial charge in [0.05, 0.1) is 0 Å². The van der Waals surface area contributed by atoms with E-state index in [1.54, 1.807) is 0 Å². The van der Waals surface area contributed by atoms with Gasteiger partial charge < -0.3 is 10.2 Å². The Labute approximate surface area is 102 Å². The molecule has 0 amide bonds. The van der Waals surface area contributed by atoms with E-state index in [-0.39, 0.29) is 5.54 Å². The first-order valence-electron chi connectivity index (χ1n) is 7.02. The molecule has 0 spiro atoms. The van der Waals surface area contributed by atoms with Gasteiger partial charge >= 0.3 is 0 Å². The van der Waals surface area contributed by atoms with Gasteiger partial charge in [0.15, 0.2) is 0 Å². The fraction of sp³-hybridized carbons (Fsp3) is 1.00. The maximum absolute atomic E-state index is 3.57. The molecule has 1 unspecified atom stereocenters.